The molecule has 0 spiro atoms. The lowest BCUT2D eigenvalue weighted by Gasteiger charge is -2.11. The minimum Gasteiger partial charge on any atom is -0.398 e. The summed E-state index contributed by atoms with van der Waals surface area (Å²) in [4.78, 5) is 10.7. The van der Waals surface area contributed by atoms with E-state index in [1.54, 1.807) is 6.07 Å². The van der Waals surface area contributed by atoms with Gasteiger partial charge >= 0.3 is 0 Å². The first-order valence-corrected chi connectivity index (χ1v) is 6.85. The summed E-state index contributed by atoms with van der Waals surface area (Å²) in [7, 11) is -3.72. The number of rotatable bonds is 4. The van der Waals surface area contributed by atoms with Crippen molar-refractivity contribution in [1.29, 1.82) is 0 Å². The van der Waals surface area contributed by atoms with Gasteiger partial charge in [-0.25, -0.2) is 8.42 Å². The van der Waals surface area contributed by atoms with Crippen LogP contribution in [0.2, 0.25) is 5.02 Å². The molecule has 5 nitrogen and oxygen atoms in total. The summed E-state index contributed by atoms with van der Waals surface area (Å²) in [5.74, 6) is -1.88. The van der Waals surface area contributed by atoms with Crippen LogP contribution in [0.3, 0.4) is 0 Å². The zero-order valence-electron chi connectivity index (χ0n) is 9.18. The summed E-state index contributed by atoms with van der Waals surface area (Å²) in [5.41, 5.74) is 10.7. The first kappa shape index (κ1) is 13.8. The molecule has 1 amide bonds. The fraction of sp³-hybridized carbons (Fsp3) is 0.300. The van der Waals surface area contributed by atoms with Gasteiger partial charge < -0.3 is 11.5 Å². The molecule has 1 aromatic rings. The minimum atomic E-state index is -3.72. The molecule has 4 N–H and O–H groups in total. The molecule has 0 bridgehead atoms. The second-order valence-corrected chi connectivity index (χ2v) is 6.12. The summed E-state index contributed by atoms with van der Waals surface area (Å²) in [5, 5.41) is 0.0432. The standard InChI is InChI=1S/C10H13ClN2O3S/c1-6(10(13)14)5-17(15,16)9-7(11)3-2-4-8(9)12/h2-4,6H,5,12H2,1H3,(H2,13,14). The lowest BCUT2D eigenvalue weighted by Crippen LogP contribution is -2.27. The molecule has 0 heterocycles. The Bertz CT molecular complexity index is 522. The third kappa shape index (κ3) is 3.10. The molecule has 1 atom stereocenters. The second kappa shape index (κ2) is 4.93. The number of hydrogen-bond donors (Lipinski definition) is 2. The number of amides is 1. The number of sulfone groups is 1. The molecular weight excluding hydrogens is 264 g/mol. The molecule has 0 radical (unpaired) electrons. The molecular formula is C10H13ClN2O3S. The Morgan fingerprint density at radius 3 is 2.53 bits per heavy atom. The number of primary amides is 1. The molecule has 0 saturated carbocycles. The number of benzene rings is 1. The van der Waals surface area contributed by atoms with Crippen molar-refractivity contribution in [2.45, 2.75) is 11.8 Å². The number of carbonyl (C=O) groups is 1. The summed E-state index contributed by atoms with van der Waals surface area (Å²) in [6.45, 7) is 1.44. The molecule has 0 fully saturated rings. The number of halogens is 1. The number of hydrogen-bond acceptors (Lipinski definition) is 4. The van der Waals surface area contributed by atoms with Crippen molar-refractivity contribution in [3.63, 3.8) is 0 Å². The largest absolute Gasteiger partial charge is 0.398 e. The van der Waals surface area contributed by atoms with Crippen LogP contribution in [0, 0.1) is 5.92 Å². The van der Waals surface area contributed by atoms with Crippen LogP contribution in [0.25, 0.3) is 0 Å². The summed E-state index contributed by atoms with van der Waals surface area (Å²) in [6, 6.07) is 4.42. The Morgan fingerprint density at radius 2 is 2.06 bits per heavy atom. The lowest BCUT2D eigenvalue weighted by atomic mass is 10.2. The van der Waals surface area contributed by atoms with Crippen LogP contribution in [0.1, 0.15) is 6.92 Å². The fourth-order valence-electron chi connectivity index (χ4n) is 1.35. The van der Waals surface area contributed by atoms with Crippen LogP contribution in [-0.4, -0.2) is 20.1 Å². The van der Waals surface area contributed by atoms with E-state index in [-0.39, 0.29) is 15.6 Å². The predicted octanol–water partition coefficient (Wildman–Crippen LogP) is 0.817. The van der Waals surface area contributed by atoms with E-state index in [9.17, 15) is 13.2 Å². The number of nitrogen functional groups attached to an aromatic ring is 1. The average Bonchev–Trinajstić information content (AvgIpc) is 2.15. The van der Waals surface area contributed by atoms with Gasteiger partial charge in [0, 0.05) is 5.92 Å². The third-order valence-corrected chi connectivity index (χ3v) is 4.71. The molecule has 0 aromatic heterocycles. The fourth-order valence-corrected chi connectivity index (χ4v) is 3.66. The highest BCUT2D eigenvalue weighted by Crippen LogP contribution is 2.28. The Morgan fingerprint density at radius 1 is 1.47 bits per heavy atom. The molecule has 0 aliphatic rings. The molecule has 94 valence electrons. The maximum absolute atomic E-state index is 12.0. The van der Waals surface area contributed by atoms with Crippen molar-refractivity contribution in [3.05, 3.63) is 23.2 Å². The topological polar surface area (TPSA) is 103 Å². The van der Waals surface area contributed by atoms with Gasteiger partial charge in [-0.05, 0) is 12.1 Å². The molecule has 1 unspecified atom stereocenters. The van der Waals surface area contributed by atoms with Crippen LogP contribution in [0.4, 0.5) is 5.69 Å². The summed E-state index contributed by atoms with van der Waals surface area (Å²) >= 11 is 5.80. The van der Waals surface area contributed by atoms with Crippen LogP contribution >= 0.6 is 11.6 Å². The number of nitrogens with two attached hydrogens (primary N) is 2. The normalized spacial score (nSPS) is 13.3. The van der Waals surface area contributed by atoms with Crippen molar-refractivity contribution < 1.29 is 13.2 Å². The minimum absolute atomic E-state index is 0.0432. The van der Waals surface area contributed by atoms with Gasteiger partial charge in [-0.15, -0.1) is 0 Å². The molecule has 1 rings (SSSR count). The average molecular weight is 277 g/mol. The Kier molecular flexibility index (Phi) is 4.00. The molecule has 0 aliphatic carbocycles. The van der Waals surface area contributed by atoms with Gasteiger partial charge in [0.1, 0.15) is 4.90 Å². The number of anilines is 1. The van der Waals surface area contributed by atoms with Crippen LogP contribution in [0.15, 0.2) is 23.1 Å². The highest BCUT2D eigenvalue weighted by atomic mass is 35.5. The van der Waals surface area contributed by atoms with E-state index in [2.05, 4.69) is 0 Å². The van der Waals surface area contributed by atoms with Crippen molar-refractivity contribution >= 4 is 33.0 Å². The molecule has 17 heavy (non-hydrogen) atoms. The van der Waals surface area contributed by atoms with E-state index < -0.39 is 27.4 Å². The zero-order valence-corrected chi connectivity index (χ0v) is 10.8. The summed E-state index contributed by atoms with van der Waals surface area (Å²) < 4.78 is 24.0. The van der Waals surface area contributed by atoms with Gasteiger partial charge in [0.15, 0.2) is 9.84 Å². The van der Waals surface area contributed by atoms with Crippen molar-refractivity contribution in [3.8, 4) is 0 Å². The van der Waals surface area contributed by atoms with E-state index in [1.165, 1.54) is 19.1 Å². The quantitative estimate of drug-likeness (QED) is 0.795. The SMILES string of the molecule is CC(CS(=O)(=O)c1c(N)cccc1Cl)C(N)=O. The van der Waals surface area contributed by atoms with Gasteiger partial charge in [-0.3, -0.25) is 4.79 Å². The van der Waals surface area contributed by atoms with Crippen molar-refractivity contribution in [2.24, 2.45) is 11.7 Å². The predicted molar refractivity (Wildman–Crippen MR) is 66.3 cm³/mol. The van der Waals surface area contributed by atoms with Gasteiger partial charge in [0.25, 0.3) is 0 Å². The maximum atomic E-state index is 12.0. The number of carbonyl (C=O) groups excluding carboxylic acids is 1. The van der Waals surface area contributed by atoms with Gasteiger partial charge in [-0.2, -0.15) is 0 Å². The second-order valence-electron chi connectivity index (χ2n) is 3.74. The smallest absolute Gasteiger partial charge is 0.221 e. The Balaban J connectivity index is 3.19. The highest BCUT2D eigenvalue weighted by Gasteiger charge is 2.25. The highest BCUT2D eigenvalue weighted by molar-refractivity contribution is 7.91. The van der Waals surface area contributed by atoms with Crippen LogP contribution in [0.5, 0.6) is 0 Å². The first-order chi connectivity index (χ1) is 7.75. The van der Waals surface area contributed by atoms with Gasteiger partial charge in [-0.1, -0.05) is 24.6 Å². The van der Waals surface area contributed by atoms with E-state index in [0.717, 1.165) is 0 Å². The van der Waals surface area contributed by atoms with Gasteiger partial charge in [0.2, 0.25) is 5.91 Å². The van der Waals surface area contributed by atoms with Crippen LogP contribution in [-0.2, 0) is 14.6 Å². The molecule has 0 aliphatic heterocycles. The summed E-state index contributed by atoms with van der Waals surface area (Å²) in [6.07, 6.45) is 0. The zero-order chi connectivity index (χ0) is 13.2. The van der Waals surface area contributed by atoms with E-state index in [0.29, 0.717) is 0 Å². The lowest BCUT2D eigenvalue weighted by molar-refractivity contribution is -0.120. The molecule has 7 heteroatoms. The monoisotopic (exact) mass is 276 g/mol. The molecule has 1 aromatic carbocycles. The first-order valence-electron chi connectivity index (χ1n) is 4.81. The Hall–Kier alpha value is -1.27. The third-order valence-electron chi connectivity index (χ3n) is 2.26. The Labute approximate surface area is 105 Å². The maximum Gasteiger partial charge on any atom is 0.221 e. The van der Waals surface area contributed by atoms with Gasteiger partial charge in [0.05, 0.1) is 16.5 Å². The van der Waals surface area contributed by atoms with Crippen molar-refractivity contribution in [1.82, 2.24) is 0 Å². The molecule has 0 saturated heterocycles. The van der Waals surface area contributed by atoms with E-state index in [4.69, 9.17) is 23.1 Å². The van der Waals surface area contributed by atoms with E-state index in [1.807, 2.05) is 0 Å². The van der Waals surface area contributed by atoms with Crippen molar-refractivity contribution in [2.75, 3.05) is 11.5 Å². The van der Waals surface area contributed by atoms with E-state index >= 15 is 0 Å². The van der Waals surface area contributed by atoms with Crippen LogP contribution < -0.4 is 11.5 Å².